The summed E-state index contributed by atoms with van der Waals surface area (Å²) in [6, 6.07) is 18.4. The van der Waals surface area contributed by atoms with E-state index >= 15 is 0 Å². The molecule has 0 aliphatic heterocycles. The molecule has 0 aromatic heterocycles. The molecule has 0 bridgehead atoms. The molecular formula is C25H27Br3NO3+. The molecule has 0 fully saturated rings. The second-order valence-corrected chi connectivity index (χ2v) is 10.7. The first-order valence-electron chi connectivity index (χ1n) is 10.1. The van der Waals surface area contributed by atoms with Crippen molar-refractivity contribution in [2.75, 3.05) is 28.4 Å². The smallest absolute Gasteiger partial charge is 0.127 e. The van der Waals surface area contributed by atoms with E-state index in [2.05, 4.69) is 73.0 Å². The number of methoxy groups -OCH3 is 3. The molecule has 0 atom stereocenters. The van der Waals surface area contributed by atoms with Crippen LogP contribution in [0.25, 0.3) is 0 Å². The molecule has 0 aliphatic rings. The van der Waals surface area contributed by atoms with Crippen LogP contribution < -0.4 is 14.2 Å². The summed E-state index contributed by atoms with van der Waals surface area (Å²) < 4.78 is 20.8. The van der Waals surface area contributed by atoms with Gasteiger partial charge in [-0.3, -0.25) is 0 Å². The van der Waals surface area contributed by atoms with Crippen molar-refractivity contribution in [2.24, 2.45) is 0 Å². The summed E-state index contributed by atoms with van der Waals surface area (Å²) in [5, 5.41) is 0. The molecule has 3 aromatic carbocycles. The lowest BCUT2D eigenvalue weighted by atomic mass is 10.1. The highest BCUT2D eigenvalue weighted by Gasteiger charge is 2.28. The van der Waals surface area contributed by atoms with E-state index in [4.69, 9.17) is 14.2 Å². The van der Waals surface area contributed by atoms with Crippen LogP contribution in [-0.4, -0.2) is 32.9 Å². The zero-order valence-corrected chi connectivity index (χ0v) is 23.4. The van der Waals surface area contributed by atoms with E-state index in [9.17, 15) is 0 Å². The average molecular weight is 629 g/mol. The maximum absolute atomic E-state index is 5.68. The minimum atomic E-state index is 0.687. The van der Waals surface area contributed by atoms with E-state index in [0.29, 0.717) is 4.48 Å². The van der Waals surface area contributed by atoms with Gasteiger partial charge < -0.3 is 18.7 Å². The van der Waals surface area contributed by atoms with E-state index < -0.39 is 0 Å². The molecule has 0 heterocycles. The molecule has 4 nitrogen and oxygen atoms in total. The Morgan fingerprint density at radius 2 is 0.844 bits per heavy atom. The fraction of sp³-hybridized carbons (Fsp3) is 0.280. The quantitative estimate of drug-likeness (QED) is 0.232. The van der Waals surface area contributed by atoms with Gasteiger partial charge in [-0.1, -0.05) is 47.8 Å². The molecule has 0 aliphatic carbocycles. The number of hydrogen-bond donors (Lipinski definition) is 0. The number of hydrogen-bond acceptors (Lipinski definition) is 3. The lowest BCUT2D eigenvalue weighted by molar-refractivity contribution is -0.948. The van der Waals surface area contributed by atoms with Crippen LogP contribution in [-0.2, 0) is 19.6 Å². The zero-order chi connectivity index (χ0) is 23.3. The molecule has 0 amide bonds. The summed E-state index contributed by atoms with van der Waals surface area (Å²) in [7, 11) is 7.39. The predicted molar refractivity (Wildman–Crippen MR) is 139 cm³/mol. The maximum Gasteiger partial charge on any atom is 0.127 e. The Hall–Kier alpha value is -1.54. The Balaban J connectivity index is 2.08. The molecule has 7 heteroatoms. The van der Waals surface area contributed by atoms with Gasteiger partial charge in [0.1, 0.15) is 36.9 Å². The summed E-state index contributed by atoms with van der Waals surface area (Å²) >= 11 is 10.8. The van der Waals surface area contributed by atoms with Crippen molar-refractivity contribution < 1.29 is 18.7 Å². The molecule has 32 heavy (non-hydrogen) atoms. The number of ether oxygens (including phenoxy) is 3. The SMILES string of the molecule is COc1ccc(Br)cc1C[N+](C)(Cc1cc(Br)ccc1OC)Cc1cc(Br)ccc1OC. The van der Waals surface area contributed by atoms with Crippen LogP contribution in [0.3, 0.4) is 0 Å². The lowest BCUT2D eigenvalue weighted by Gasteiger charge is -2.36. The van der Waals surface area contributed by atoms with Crippen LogP contribution in [0.4, 0.5) is 0 Å². The predicted octanol–water partition coefficient (Wildman–Crippen LogP) is 7.35. The molecule has 3 rings (SSSR count). The van der Waals surface area contributed by atoms with Gasteiger partial charge in [-0.25, -0.2) is 0 Å². The second kappa shape index (κ2) is 11.1. The fourth-order valence-electron chi connectivity index (χ4n) is 4.01. The monoisotopic (exact) mass is 626 g/mol. The fourth-order valence-corrected chi connectivity index (χ4v) is 5.24. The molecule has 170 valence electrons. The normalized spacial score (nSPS) is 11.3. The molecule has 0 radical (unpaired) electrons. The van der Waals surface area contributed by atoms with Crippen LogP contribution in [0, 0.1) is 0 Å². The minimum absolute atomic E-state index is 0.687. The van der Waals surface area contributed by atoms with Crippen molar-refractivity contribution >= 4 is 47.8 Å². The molecule has 0 saturated heterocycles. The van der Waals surface area contributed by atoms with E-state index in [1.54, 1.807) is 21.3 Å². The van der Waals surface area contributed by atoms with Crippen molar-refractivity contribution in [3.63, 3.8) is 0 Å². The third-order valence-electron chi connectivity index (χ3n) is 5.38. The molecule has 0 unspecified atom stereocenters. The van der Waals surface area contributed by atoms with Crippen LogP contribution >= 0.6 is 47.8 Å². The number of benzene rings is 3. The average Bonchev–Trinajstić information content (AvgIpc) is 2.74. The second-order valence-electron chi connectivity index (χ2n) is 7.96. The van der Waals surface area contributed by atoms with Gasteiger partial charge in [0.15, 0.2) is 0 Å². The Morgan fingerprint density at radius 3 is 1.09 bits per heavy atom. The third-order valence-corrected chi connectivity index (χ3v) is 6.86. The third kappa shape index (κ3) is 6.28. The summed E-state index contributed by atoms with van der Waals surface area (Å²) in [5.41, 5.74) is 3.40. The van der Waals surface area contributed by atoms with E-state index in [-0.39, 0.29) is 0 Å². The first-order chi connectivity index (χ1) is 15.3. The van der Waals surface area contributed by atoms with Gasteiger partial charge in [0.05, 0.1) is 28.4 Å². The van der Waals surface area contributed by atoms with Crippen molar-refractivity contribution in [3.8, 4) is 17.2 Å². The van der Waals surface area contributed by atoms with Crippen molar-refractivity contribution in [2.45, 2.75) is 19.6 Å². The summed E-state index contributed by atoms with van der Waals surface area (Å²) in [5.74, 6) is 2.62. The van der Waals surface area contributed by atoms with Crippen molar-refractivity contribution in [3.05, 3.63) is 84.7 Å². The van der Waals surface area contributed by atoms with Gasteiger partial charge in [0.25, 0.3) is 0 Å². The highest BCUT2D eigenvalue weighted by Crippen LogP contribution is 2.34. The Morgan fingerprint density at radius 1 is 0.562 bits per heavy atom. The Labute approximate surface area is 215 Å². The molecule has 0 spiro atoms. The van der Waals surface area contributed by atoms with Gasteiger partial charge >= 0.3 is 0 Å². The first kappa shape index (κ1) is 25.1. The highest BCUT2D eigenvalue weighted by atomic mass is 79.9. The molecule has 3 aromatic rings. The van der Waals surface area contributed by atoms with E-state index in [1.807, 2.05) is 36.4 Å². The van der Waals surface area contributed by atoms with E-state index in [0.717, 1.165) is 67.0 Å². The Kier molecular flexibility index (Phi) is 8.67. The van der Waals surface area contributed by atoms with Gasteiger partial charge in [0, 0.05) is 30.1 Å². The standard InChI is InChI=1S/C25H27Br3NO3/c1-29(14-17-11-20(26)5-8-23(17)30-2,15-18-12-21(27)6-9-24(18)31-3)16-19-13-22(28)7-10-25(19)32-4/h5-13H,14-16H2,1-4H3/q+1. The zero-order valence-electron chi connectivity index (χ0n) is 18.6. The first-order valence-corrected chi connectivity index (χ1v) is 12.5. The highest BCUT2D eigenvalue weighted by molar-refractivity contribution is 9.11. The van der Waals surface area contributed by atoms with Gasteiger partial charge in [0.2, 0.25) is 0 Å². The largest absolute Gasteiger partial charge is 0.496 e. The maximum atomic E-state index is 5.68. The van der Waals surface area contributed by atoms with E-state index in [1.165, 1.54) is 0 Å². The summed E-state index contributed by atoms with van der Waals surface area (Å²) in [6.07, 6.45) is 0. The minimum Gasteiger partial charge on any atom is -0.496 e. The van der Waals surface area contributed by atoms with Crippen LogP contribution in [0.15, 0.2) is 68.0 Å². The Bertz CT molecular complexity index is 953. The molecule has 0 saturated carbocycles. The van der Waals surface area contributed by atoms with Crippen LogP contribution in [0.1, 0.15) is 16.7 Å². The number of nitrogens with zero attached hydrogens (tertiary/aromatic N) is 1. The topological polar surface area (TPSA) is 27.7 Å². The van der Waals surface area contributed by atoms with Crippen molar-refractivity contribution in [1.82, 2.24) is 0 Å². The molecule has 0 N–H and O–H groups in total. The van der Waals surface area contributed by atoms with Gasteiger partial charge in [-0.15, -0.1) is 0 Å². The van der Waals surface area contributed by atoms with Crippen molar-refractivity contribution in [1.29, 1.82) is 0 Å². The van der Waals surface area contributed by atoms with Crippen LogP contribution in [0.2, 0.25) is 0 Å². The van der Waals surface area contributed by atoms with Gasteiger partial charge in [-0.2, -0.15) is 0 Å². The lowest BCUT2D eigenvalue weighted by Crippen LogP contribution is -2.42. The number of rotatable bonds is 9. The number of halogens is 3. The van der Waals surface area contributed by atoms with Gasteiger partial charge in [-0.05, 0) is 54.6 Å². The summed E-state index contributed by atoms with van der Waals surface area (Å²) in [4.78, 5) is 0. The number of quaternary nitrogens is 1. The molecular weight excluding hydrogens is 602 g/mol. The van der Waals surface area contributed by atoms with Crippen LogP contribution in [0.5, 0.6) is 17.2 Å². The summed E-state index contributed by atoms with van der Waals surface area (Å²) in [6.45, 7) is 2.27.